The van der Waals surface area contributed by atoms with Gasteiger partial charge in [-0.25, -0.2) is 0 Å². The van der Waals surface area contributed by atoms with Crippen molar-refractivity contribution < 1.29 is 0 Å². The van der Waals surface area contributed by atoms with Crippen LogP contribution >= 0.6 is 0 Å². The lowest BCUT2D eigenvalue weighted by molar-refractivity contribution is 0.729. The lowest BCUT2D eigenvalue weighted by atomic mass is 10.2. The molecule has 0 unspecified atom stereocenters. The lowest BCUT2D eigenvalue weighted by Gasteiger charge is -1.94. The first-order valence-corrected chi connectivity index (χ1v) is 5.37. The largest absolute Gasteiger partial charge is 0.293 e. The maximum absolute atomic E-state index is 8.62. The Hall–Kier alpha value is -1.62. The molecule has 0 aliphatic carbocycles. The van der Waals surface area contributed by atoms with Gasteiger partial charge < -0.3 is 0 Å². The number of benzene rings is 1. The fraction of sp³-hybridized carbons (Fsp3) is 0.385. The fourth-order valence-electron chi connectivity index (χ4n) is 1.27. The van der Waals surface area contributed by atoms with Crippen LogP contribution < -0.4 is 0 Å². The minimum absolute atomic E-state index is 0.693. The van der Waals surface area contributed by atoms with Gasteiger partial charge in [0.25, 0.3) is 0 Å². The van der Waals surface area contributed by atoms with Gasteiger partial charge in [-0.05, 0) is 24.1 Å². The molecule has 0 fully saturated rings. The zero-order valence-corrected chi connectivity index (χ0v) is 9.11. The van der Waals surface area contributed by atoms with Gasteiger partial charge in [0, 0.05) is 12.8 Å². The fourth-order valence-corrected chi connectivity index (χ4v) is 1.27. The SMILES string of the molecule is CCCCCN=Cc1ccc(C#N)cc1. The van der Waals surface area contributed by atoms with E-state index in [0.717, 1.165) is 18.5 Å². The van der Waals surface area contributed by atoms with Crippen molar-refractivity contribution in [2.45, 2.75) is 26.2 Å². The molecular weight excluding hydrogens is 184 g/mol. The van der Waals surface area contributed by atoms with Gasteiger partial charge in [-0.15, -0.1) is 0 Å². The average Bonchev–Trinajstić information content (AvgIpc) is 2.30. The molecule has 0 radical (unpaired) electrons. The lowest BCUT2D eigenvalue weighted by Crippen LogP contribution is -1.85. The van der Waals surface area contributed by atoms with Gasteiger partial charge >= 0.3 is 0 Å². The molecule has 78 valence electrons. The summed E-state index contributed by atoms with van der Waals surface area (Å²) in [6.07, 6.45) is 5.50. The molecule has 2 heteroatoms. The van der Waals surface area contributed by atoms with Crippen LogP contribution in [0.5, 0.6) is 0 Å². The highest BCUT2D eigenvalue weighted by Crippen LogP contribution is 2.01. The van der Waals surface area contributed by atoms with Gasteiger partial charge in [0.1, 0.15) is 0 Å². The molecule has 2 nitrogen and oxygen atoms in total. The molecule has 0 atom stereocenters. The summed E-state index contributed by atoms with van der Waals surface area (Å²) in [5, 5.41) is 8.62. The monoisotopic (exact) mass is 200 g/mol. The summed E-state index contributed by atoms with van der Waals surface area (Å²) in [7, 11) is 0. The van der Waals surface area contributed by atoms with Gasteiger partial charge in [0.05, 0.1) is 11.6 Å². The standard InChI is InChI=1S/C13H16N2/c1-2-3-4-9-15-11-13-7-5-12(10-14)6-8-13/h5-8,11H,2-4,9H2,1H3. The van der Waals surface area contributed by atoms with Crippen molar-refractivity contribution in [3.63, 3.8) is 0 Å². The van der Waals surface area contributed by atoms with E-state index < -0.39 is 0 Å². The molecule has 0 aliphatic rings. The molecule has 0 spiro atoms. The van der Waals surface area contributed by atoms with E-state index in [1.807, 2.05) is 30.5 Å². The Bertz CT molecular complexity index is 344. The maximum atomic E-state index is 8.62. The quantitative estimate of drug-likeness (QED) is 0.531. The van der Waals surface area contributed by atoms with Gasteiger partial charge in [-0.2, -0.15) is 5.26 Å². The first kappa shape index (κ1) is 11.5. The van der Waals surface area contributed by atoms with Crippen LogP contribution in [-0.2, 0) is 0 Å². The third-order valence-electron chi connectivity index (χ3n) is 2.17. The van der Waals surface area contributed by atoms with Crippen molar-refractivity contribution in [2.24, 2.45) is 4.99 Å². The summed E-state index contributed by atoms with van der Waals surface area (Å²) < 4.78 is 0. The zero-order chi connectivity index (χ0) is 10.9. The Balaban J connectivity index is 2.40. The third-order valence-corrected chi connectivity index (χ3v) is 2.17. The van der Waals surface area contributed by atoms with Crippen LogP contribution in [0.4, 0.5) is 0 Å². The van der Waals surface area contributed by atoms with E-state index in [4.69, 9.17) is 5.26 Å². The number of nitriles is 1. The Morgan fingerprint density at radius 2 is 2.00 bits per heavy atom. The van der Waals surface area contributed by atoms with E-state index in [-0.39, 0.29) is 0 Å². The van der Waals surface area contributed by atoms with E-state index in [1.165, 1.54) is 12.8 Å². The molecule has 0 N–H and O–H groups in total. The van der Waals surface area contributed by atoms with Gasteiger partial charge in [0.15, 0.2) is 0 Å². The van der Waals surface area contributed by atoms with Crippen LogP contribution in [0.3, 0.4) is 0 Å². The molecule has 0 bridgehead atoms. The molecular formula is C13H16N2. The van der Waals surface area contributed by atoms with Gasteiger partial charge in [-0.3, -0.25) is 4.99 Å². The Kier molecular flexibility index (Phi) is 5.18. The minimum atomic E-state index is 0.693. The third kappa shape index (κ3) is 4.42. The maximum Gasteiger partial charge on any atom is 0.0991 e. The number of unbranched alkanes of at least 4 members (excludes halogenated alkanes) is 2. The normalized spacial score (nSPS) is 10.4. The van der Waals surface area contributed by atoms with E-state index in [0.29, 0.717) is 5.56 Å². The topological polar surface area (TPSA) is 36.1 Å². The smallest absolute Gasteiger partial charge is 0.0991 e. The van der Waals surface area contributed by atoms with Crippen LogP contribution in [0.15, 0.2) is 29.3 Å². The van der Waals surface area contributed by atoms with Crippen LogP contribution in [0, 0.1) is 11.3 Å². The summed E-state index contributed by atoms with van der Waals surface area (Å²) in [6.45, 7) is 3.08. The Morgan fingerprint density at radius 1 is 1.27 bits per heavy atom. The molecule has 0 aliphatic heterocycles. The summed E-state index contributed by atoms with van der Waals surface area (Å²) in [5.74, 6) is 0. The van der Waals surface area contributed by atoms with Crippen molar-refractivity contribution in [1.82, 2.24) is 0 Å². The molecule has 1 aromatic rings. The first-order chi connectivity index (χ1) is 7.36. The van der Waals surface area contributed by atoms with Crippen LogP contribution in [0.1, 0.15) is 37.3 Å². The van der Waals surface area contributed by atoms with Crippen molar-refractivity contribution >= 4 is 6.21 Å². The molecule has 0 heterocycles. The molecule has 0 saturated carbocycles. The van der Waals surface area contributed by atoms with Gasteiger partial charge in [-0.1, -0.05) is 31.9 Å². The van der Waals surface area contributed by atoms with Crippen LogP contribution in [-0.4, -0.2) is 12.8 Å². The highest BCUT2D eigenvalue weighted by Gasteiger charge is 1.89. The highest BCUT2D eigenvalue weighted by molar-refractivity contribution is 5.79. The predicted octanol–water partition coefficient (Wildman–Crippen LogP) is 3.17. The minimum Gasteiger partial charge on any atom is -0.293 e. The number of hydrogen-bond donors (Lipinski definition) is 0. The number of hydrogen-bond acceptors (Lipinski definition) is 2. The second-order valence-corrected chi connectivity index (χ2v) is 3.48. The van der Waals surface area contributed by atoms with E-state index in [9.17, 15) is 0 Å². The average molecular weight is 200 g/mol. The summed E-state index contributed by atoms with van der Waals surface area (Å²) in [5.41, 5.74) is 1.75. The molecule has 1 aromatic carbocycles. The van der Waals surface area contributed by atoms with Crippen molar-refractivity contribution in [2.75, 3.05) is 6.54 Å². The molecule has 0 saturated heterocycles. The second-order valence-electron chi connectivity index (χ2n) is 3.48. The molecule has 1 rings (SSSR count). The number of rotatable bonds is 5. The van der Waals surface area contributed by atoms with E-state index in [2.05, 4.69) is 18.0 Å². The predicted molar refractivity (Wildman–Crippen MR) is 63.1 cm³/mol. The zero-order valence-electron chi connectivity index (χ0n) is 9.11. The van der Waals surface area contributed by atoms with Crippen molar-refractivity contribution in [1.29, 1.82) is 5.26 Å². The summed E-state index contributed by atoms with van der Waals surface area (Å²) in [4.78, 5) is 4.33. The Morgan fingerprint density at radius 3 is 2.60 bits per heavy atom. The summed E-state index contributed by atoms with van der Waals surface area (Å²) in [6, 6.07) is 9.56. The van der Waals surface area contributed by atoms with Crippen LogP contribution in [0.2, 0.25) is 0 Å². The molecule has 0 aromatic heterocycles. The van der Waals surface area contributed by atoms with Crippen molar-refractivity contribution in [3.05, 3.63) is 35.4 Å². The Labute approximate surface area is 91.3 Å². The number of nitrogens with zero attached hydrogens (tertiary/aromatic N) is 2. The highest BCUT2D eigenvalue weighted by atomic mass is 14.7. The molecule has 0 amide bonds. The number of aliphatic imine (C=N–C) groups is 1. The molecule has 15 heavy (non-hydrogen) atoms. The first-order valence-electron chi connectivity index (χ1n) is 5.37. The van der Waals surface area contributed by atoms with Crippen LogP contribution in [0.25, 0.3) is 0 Å². The van der Waals surface area contributed by atoms with E-state index in [1.54, 1.807) is 0 Å². The summed E-state index contributed by atoms with van der Waals surface area (Å²) >= 11 is 0. The second kappa shape index (κ2) is 6.78. The van der Waals surface area contributed by atoms with Gasteiger partial charge in [0.2, 0.25) is 0 Å². The van der Waals surface area contributed by atoms with Crippen molar-refractivity contribution in [3.8, 4) is 6.07 Å². The van der Waals surface area contributed by atoms with E-state index >= 15 is 0 Å².